The number of rotatable bonds is 2. The number of aromatic hydroxyl groups is 8. The Kier molecular flexibility index (Phi) is 5.69. The van der Waals surface area contributed by atoms with Gasteiger partial charge in [-0.3, -0.25) is 0 Å². The predicted octanol–water partition coefficient (Wildman–Crippen LogP) is 9.39. The second-order valence-electron chi connectivity index (χ2n) is 13.1. The van der Waals surface area contributed by atoms with Gasteiger partial charge in [-0.15, -0.1) is 0 Å². The van der Waals surface area contributed by atoms with E-state index in [4.69, 9.17) is 0 Å². The zero-order chi connectivity index (χ0) is 35.7. The number of phenols is 8. The molecule has 0 saturated heterocycles. The molecule has 0 saturated carbocycles. The van der Waals surface area contributed by atoms with Crippen molar-refractivity contribution in [3.05, 3.63) is 97.1 Å². The third kappa shape index (κ3) is 3.66. The Balaban J connectivity index is 1.41. The van der Waals surface area contributed by atoms with Crippen LogP contribution in [0.3, 0.4) is 0 Å². The van der Waals surface area contributed by atoms with Crippen LogP contribution in [0.25, 0.3) is 98.2 Å². The molecule has 10 N–H and O–H groups in total. The highest BCUT2D eigenvalue weighted by Crippen LogP contribution is 2.62. The lowest BCUT2D eigenvalue weighted by Gasteiger charge is -2.22. The maximum absolute atomic E-state index is 11.7. The molecular weight excluding hydrogens is 660 g/mol. The second kappa shape index (κ2) is 10.1. The molecule has 0 amide bonds. The van der Waals surface area contributed by atoms with Crippen LogP contribution >= 0.6 is 0 Å². The van der Waals surface area contributed by atoms with Crippen LogP contribution in [0.1, 0.15) is 0 Å². The lowest BCUT2D eigenvalue weighted by molar-refractivity contribution is 0.350. The van der Waals surface area contributed by atoms with Gasteiger partial charge in [-0.25, -0.2) is 0 Å². The number of nitrogens with one attached hydrogen (secondary N) is 2. The first-order valence-electron chi connectivity index (χ1n) is 16.3. The van der Waals surface area contributed by atoms with Crippen LogP contribution in [0.2, 0.25) is 0 Å². The van der Waals surface area contributed by atoms with Gasteiger partial charge in [0.25, 0.3) is 0 Å². The van der Waals surface area contributed by atoms with E-state index in [1.165, 1.54) is 0 Å². The molecule has 0 radical (unpaired) electrons. The van der Waals surface area contributed by atoms with Gasteiger partial charge in [0.1, 0.15) is 0 Å². The molecule has 52 heavy (non-hydrogen) atoms. The van der Waals surface area contributed by atoms with Crippen molar-refractivity contribution < 1.29 is 40.9 Å². The molecule has 0 aliphatic carbocycles. The van der Waals surface area contributed by atoms with Crippen LogP contribution in [0, 0.1) is 0 Å². The highest BCUT2D eigenvalue weighted by molar-refractivity contribution is 6.30. The minimum Gasteiger partial charge on any atom is -0.504 e. The summed E-state index contributed by atoms with van der Waals surface area (Å²) in [4.78, 5) is 6.77. The van der Waals surface area contributed by atoms with E-state index in [-0.39, 0.29) is 32.7 Å². The molecule has 0 aliphatic rings. The minimum atomic E-state index is -1.02. The number of benzene rings is 8. The van der Waals surface area contributed by atoms with E-state index in [0.29, 0.717) is 16.6 Å². The molecule has 10 nitrogen and oxygen atoms in total. The number of aromatic amines is 2. The van der Waals surface area contributed by atoms with Crippen molar-refractivity contribution in [1.82, 2.24) is 9.97 Å². The summed E-state index contributed by atoms with van der Waals surface area (Å²) in [6.45, 7) is 0. The van der Waals surface area contributed by atoms with Crippen molar-refractivity contribution in [2.75, 3.05) is 0 Å². The van der Waals surface area contributed by atoms with E-state index >= 15 is 0 Å². The fraction of sp³-hybridized carbons (Fsp3) is 0. The van der Waals surface area contributed by atoms with Gasteiger partial charge in [0.05, 0.1) is 0 Å². The molecule has 0 bridgehead atoms. The molecule has 0 unspecified atom stereocenters. The molecule has 252 valence electrons. The lowest BCUT2D eigenvalue weighted by Crippen LogP contribution is -1.94. The van der Waals surface area contributed by atoms with Crippen LogP contribution < -0.4 is 0 Å². The number of hydrogen-bond donors (Lipinski definition) is 10. The number of phenolic OH excluding ortho intramolecular Hbond substituents is 8. The Bertz CT molecular complexity index is 3150. The minimum absolute atomic E-state index is 0.00899. The molecule has 2 heterocycles. The molecule has 10 aromatic rings. The van der Waals surface area contributed by atoms with Crippen molar-refractivity contribution in [1.29, 1.82) is 0 Å². The maximum Gasteiger partial charge on any atom is 0.204 e. The third-order valence-corrected chi connectivity index (χ3v) is 10.4. The van der Waals surface area contributed by atoms with Crippen LogP contribution in [0.15, 0.2) is 97.1 Å². The van der Waals surface area contributed by atoms with Crippen molar-refractivity contribution in [2.45, 2.75) is 0 Å². The molecule has 10 rings (SSSR count). The Morgan fingerprint density at radius 1 is 0.308 bits per heavy atom. The van der Waals surface area contributed by atoms with Gasteiger partial charge in [0.2, 0.25) is 23.0 Å². The summed E-state index contributed by atoms with van der Waals surface area (Å²) in [7, 11) is 0. The summed E-state index contributed by atoms with van der Waals surface area (Å²) in [5.41, 5.74) is 3.80. The zero-order valence-electron chi connectivity index (χ0n) is 26.8. The van der Waals surface area contributed by atoms with E-state index in [1.54, 1.807) is 30.3 Å². The van der Waals surface area contributed by atoms with Crippen LogP contribution in [-0.4, -0.2) is 50.8 Å². The average molecular weight is 687 g/mol. The van der Waals surface area contributed by atoms with Crippen LogP contribution in [0.4, 0.5) is 0 Å². The Morgan fingerprint density at radius 3 is 1.42 bits per heavy atom. The van der Waals surface area contributed by atoms with Gasteiger partial charge in [-0.1, -0.05) is 66.7 Å². The molecule has 0 fully saturated rings. The molecule has 8 aromatic carbocycles. The summed E-state index contributed by atoms with van der Waals surface area (Å²) >= 11 is 0. The number of hydrogen-bond acceptors (Lipinski definition) is 8. The Labute approximate surface area is 291 Å². The number of fused-ring (bicyclic) bond motifs is 10. The van der Waals surface area contributed by atoms with Crippen molar-refractivity contribution in [2.24, 2.45) is 0 Å². The summed E-state index contributed by atoms with van der Waals surface area (Å²) in [6.07, 6.45) is 0. The molecule has 0 spiro atoms. The van der Waals surface area contributed by atoms with Crippen LogP contribution in [0.5, 0.6) is 46.0 Å². The van der Waals surface area contributed by atoms with Crippen molar-refractivity contribution >= 4 is 75.9 Å². The highest BCUT2D eigenvalue weighted by atomic mass is 16.4. The van der Waals surface area contributed by atoms with Gasteiger partial charge in [0.15, 0.2) is 23.0 Å². The molecule has 0 aliphatic heterocycles. The smallest absolute Gasteiger partial charge is 0.204 e. The highest BCUT2D eigenvalue weighted by Gasteiger charge is 2.32. The third-order valence-electron chi connectivity index (χ3n) is 10.4. The largest absolute Gasteiger partial charge is 0.504 e. The quantitative estimate of drug-likeness (QED) is 0.0482. The Morgan fingerprint density at radius 2 is 0.788 bits per heavy atom. The van der Waals surface area contributed by atoms with Crippen LogP contribution in [-0.2, 0) is 0 Å². The summed E-state index contributed by atoms with van der Waals surface area (Å²) in [5, 5.41) is 95.1. The van der Waals surface area contributed by atoms with E-state index in [1.807, 2.05) is 66.7 Å². The van der Waals surface area contributed by atoms with E-state index in [9.17, 15) is 40.9 Å². The lowest BCUT2D eigenvalue weighted by atomic mass is 9.83. The topological polar surface area (TPSA) is 193 Å². The van der Waals surface area contributed by atoms with Gasteiger partial charge < -0.3 is 50.8 Å². The molecule has 0 atom stereocenters. The average Bonchev–Trinajstić information content (AvgIpc) is 3.74. The maximum atomic E-state index is 11.7. The SMILES string of the molecule is Oc1c(O)c(O)c2c(-c3ccc4[nH]c5ccccc5c4c3)c3c(O)c(O)c(O)c(O)c3c(-c3ccc4c(c3)[nH]c3ccc5ccccc5c34)c2c1O. The monoisotopic (exact) mass is 686 g/mol. The first kappa shape index (κ1) is 29.5. The zero-order valence-corrected chi connectivity index (χ0v) is 26.8. The van der Waals surface area contributed by atoms with Gasteiger partial charge in [-0.05, 0) is 52.2 Å². The van der Waals surface area contributed by atoms with Crippen molar-refractivity contribution in [3.63, 3.8) is 0 Å². The van der Waals surface area contributed by atoms with Gasteiger partial charge >= 0.3 is 0 Å². The summed E-state index contributed by atoms with van der Waals surface area (Å²) < 4.78 is 0. The number of aromatic nitrogens is 2. The first-order valence-corrected chi connectivity index (χ1v) is 16.3. The normalized spacial score (nSPS) is 12.1. The van der Waals surface area contributed by atoms with E-state index in [0.717, 1.165) is 48.9 Å². The van der Waals surface area contributed by atoms with Crippen molar-refractivity contribution in [3.8, 4) is 68.2 Å². The fourth-order valence-electron chi connectivity index (χ4n) is 8.03. The van der Waals surface area contributed by atoms with E-state index in [2.05, 4.69) is 9.97 Å². The molecule has 2 aromatic heterocycles. The number of para-hydroxylation sites is 1. The summed E-state index contributed by atoms with van der Waals surface area (Å²) in [5.74, 6) is -7.39. The summed E-state index contributed by atoms with van der Waals surface area (Å²) in [6, 6.07) is 30.1. The number of H-pyrrole nitrogens is 2. The fourth-order valence-corrected chi connectivity index (χ4v) is 8.03. The standard InChI is InChI=1S/C42H26N2O8/c45-35-31-28(18-11-13-25-23(15-18)21-7-3-4-8-24(21)43-25)32-34(38(48)42(52)40(50)36(32)46)29(33(31)37(47)41(51)39(35)49)19-9-12-22-27(16-19)44-26-14-10-17-5-1-2-6-20(17)30(22)26/h1-16,43-52H. The molecule has 10 heteroatoms. The Hall–Kier alpha value is -7.46. The second-order valence-corrected chi connectivity index (χ2v) is 13.1. The molecular formula is C42H26N2O8. The van der Waals surface area contributed by atoms with Gasteiger partial charge in [-0.2, -0.15) is 0 Å². The first-order chi connectivity index (χ1) is 25.1. The van der Waals surface area contributed by atoms with E-state index < -0.39 is 46.0 Å². The predicted molar refractivity (Wildman–Crippen MR) is 202 cm³/mol. The van der Waals surface area contributed by atoms with Gasteiger partial charge in [0, 0.05) is 76.3 Å².